The Morgan fingerprint density at radius 2 is 1.81 bits per heavy atom. The fraction of sp³-hybridized carbons (Fsp3) is 0.462. The van der Waals surface area contributed by atoms with Gasteiger partial charge in [-0.05, 0) is 32.9 Å². The first-order valence-corrected chi connectivity index (χ1v) is 5.45. The Morgan fingerprint density at radius 1 is 1.19 bits per heavy atom. The Morgan fingerprint density at radius 3 is 2.38 bits per heavy atom. The van der Waals surface area contributed by atoms with Gasteiger partial charge >= 0.3 is 5.97 Å². The first-order chi connectivity index (χ1) is 7.59. The van der Waals surface area contributed by atoms with Crippen molar-refractivity contribution in [2.45, 2.75) is 26.9 Å². The van der Waals surface area contributed by atoms with Gasteiger partial charge < -0.3 is 9.47 Å². The summed E-state index contributed by atoms with van der Waals surface area (Å²) in [4.78, 5) is 11.5. The number of carbonyl (C=O) groups is 1. The van der Waals surface area contributed by atoms with E-state index in [-0.39, 0.29) is 12.1 Å². The van der Waals surface area contributed by atoms with Gasteiger partial charge in [-0.3, -0.25) is 0 Å². The predicted octanol–water partition coefficient (Wildman–Crippen LogP) is 2.58. The maximum Gasteiger partial charge on any atom is 0.338 e. The second-order valence-electron chi connectivity index (χ2n) is 3.92. The highest BCUT2D eigenvalue weighted by Gasteiger charge is 2.05. The standard InChI is InChI=1S/C13H18O3/c1-10(2)15-8-9-16-13(14)12-6-4-11(3)5-7-12/h4-7,10H,8-9H2,1-3H3. The van der Waals surface area contributed by atoms with Gasteiger partial charge in [-0.1, -0.05) is 17.7 Å². The van der Waals surface area contributed by atoms with Crippen LogP contribution in [-0.4, -0.2) is 25.3 Å². The number of aryl methyl sites for hydroxylation is 1. The predicted molar refractivity (Wildman–Crippen MR) is 62.5 cm³/mol. The lowest BCUT2D eigenvalue weighted by Gasteiger charge is -2.08. The SMILES string of the molecule is Cc1ccc(C(=O)OCCOC(C)C)cc1. The van der Waals surface area contributed by atoms with E-state index in [0.717, 1.165) is 5.56 Å². The second kappa shape index (κ2) is 6.28. The van der Waals surface area contributed by atoms with Gasteiger partial charge in [0.2, 0.25) is 0 Å². The minimum atomic E-state index is -0.299. The molecule has 0 saturated heterocycles. The van der Waals surface area contributed by atoms with Crippen LogP contribution in [0, 0.1) is 6.92 Å². The van der Waals surface area contributed by atoms with Gasteiger partial charge in [-0.15, -0.1) is 0 Å². The Balaban J connectivity index is 2.32. The molecule has 0 radical (unpaired) electrons. The Labute approximate surface area is 96.4 Å². The molecule has 0 unspecified atom stereocenters. The summed E-state index contributed by atoms with van der Waals surface area (Å²) < 4.78 is 10.3. The van der Waals surface area contributed by atoms with E-state index in [1.165, 1.54) is 0 Å². The van der Waals surface area contributed by atoms with Gasteiger partial charge in [-0.25, -0.2) is 4.79 Å². The van der Waals surface area contributed by atoms with Gasteiger partial charge in [0.1, 0.15) is 6.61 Å². The fourth-order valence-electron chi connectivity index (χ4n) is 1.19. The van der Waals surface area contributed by atoms with E-state index in [2.05, 4.69) is 0 Å². The van der Waals surface area contributed by atoms with Gasteiger partial charge in [0.05, 0.1) is 18.3 Å². The summed E-state index contributed by atoms with van der Waals surface area (Å²) in [6.07, 6.45) is 0.165. The molecule has 1 aromatic rings. The van der Waals surface area contributed by atoms with E-state index in [9.17, 15) is 4.79 Å². The summed E-state index contributed by atoms with van der Waals surface area (Å²) in [7, 11) is 0. The molecular formula is C13H18O3. The van der Waals surface area contributed by atoms with E-state index >= 15 is 0 Å². The topological polar surface area (TPSA) is 35.5 Å². The van der Waals surface area contributed by atoms with Gasteiger partial charge in [-0.2, -0.15) is 0 Å². The van der Waals surface area contributed by atoms with Gasteiger partial charge in [0.15, 0.2) is 0 Å². The summed E-state index contributed by atoms with van der Waals surface area (Å²) in [5.74, 6) is -0.299. The van der Waals surface area contributed by atoms with Crippen molar-refractivity contribution in [3.05, 3.63) is 35.4 Å². The molecule has 0 N–H and O–H groups in total. The number of esters is 1. The molecule has 3 heteroatoms. The molecule has 0 saturated carbocycles. The van der Waals surface area contributed by atoms with Crippen molar-refractivity contribution in [2.24, 2.45) is 0 Å². The van der Waals surface area contributed by atoms with Crippen molar-refractivity contribution in [3.63, 3.8) is 0 Å². The minimum absolute atomic E-state index is 0.165. The van der Waals surface area contributed by atoms with Crippen LogP contribution in [0.15, 0.2) is 24.3 Å². The Kier molecular flexibility index (Phi) is 4.99. The van der Waals surface area contributed by atoms with Crippen molar-refractivity contribution in [1.29, 1.82) is 0 Å². The lowest BCUT2D eigenvalue weighted by molar-refractivity contribution is 0.0177. The zero-order valence-electron chi connectivity index (χ0n) is 10.0. The van der Waals surface area contributed by atoms with Crippen molar-refractivity contribution < 1.29 is 14.3 Å². The highest BCUT2D eigenvalue weighted by molar-refractivity contribution is 5.89. The molecule has 0 amide bonds. The van der Waals surface area contributed by atoms with E-state index in [0.29, 0.717) is 18.8 Å². The van der Waals surface area contributed by atoms with Crippen LogP contribution in [0.2, 0.25) is 0 Å². The number of hydrogen-bond acceptors (Lipinski definition) is 3. The number of hydrogen-bond donors (Lipinski definition) is 0. The fourth-order valence-corrected chi connectivity index (χ4v) is 1.19. The van der Waals surface area contributed by atoms with Crippen LogP contribution >= 0.6 is 0 Å². The molecule has 88 valence electrons. The van der Waals surface area contributed by atoms with Crippen molar-refractivity contribution in [2.75, 3.05) is 13.2 Å². The number of benzene rings is 1. The smallest absolute Gasteiger partial charge is 0.338 e. The number of carbonyl (C=O) groups excluding carboxylic acids is 1. The van der Waals surface area contributed by atoms with Crippen molar-refractivity contribution >= 4 is 5.97 Å². The maximum absolute atomic E-state index is 11.5. The van der Waals surface area contributed by atoms with Crippen LogP contribution in [0.4, 0.5) is 0 Å². The molecule has 0 fully saturated rings. The molecule has 0 aliphatic heterocycles. The van der Waals surface area contributed by atoms with Crippen LogP contribution in [0.25, 0.3) is 0 Å². The summed E-state index contributed by atoms with van der Waals surface area (Å²) >= 11 is 0. The third kappa shape index (κ3) is 4.45. The quantitative estimate of drug-likeness (QED) is 0.567. The second-order valence-corrected chi connectivity index (χ2v) is 3.92. The van der Waals surface area contributed by atoms with Crippen LogP contribution in [0.3, 0.4) is 0 Å². The van der Waals surface area contributed by atoms with Crippen molar-refractivity contribution in [1.82, 2.24) is 0 Å². The molecular weight excluding hydrogens is 204 g/mol. The lowest BCUT2D eigenvalue weighted by atomic mass is 10.1. The average Bonchev–Trinajstić information content (AvgIpc) is 2.25. The molecule has 0 aliphatic carbocycles. The number of rotatable bonds is 5. The Hall–Kier alpha value is -1.35. The molecule has 0 bridgehead atoms. The zero-order valence-corrected chi connectivity index (χ0v) is 10.0. The normalized spacial score (nSPS) is 10.5. The summed E-state index contributed by atoms with van der Waals surface area (Å²) in [5.41, 5.74) is 1.70. The lowest BCUT2D eigenvalue weighted by Crippen LogP contribution is -2.13. The first-order valence-electron chi connectivity index (χ1n) is 5.45. The summed E-state index contributed by atoms with van der Waals surface area (Å²) in [6.45, 7) is 6.61. The van der Waals surface area contributed by atoms with E-state index in [4.69, 9.17) is 9.47 Å². The molecule has 0 heterocycles. The van der Waals surface area contributed by atoms with Gasteiger partial charge in [0.25, 0.3) is 0 Å². The number of ether oxygens (including phenoxy) is 2. The summed E-state index contributed by atoms with van der Waals surface area (Å²) in [5, 5.41) is 0. The molecule has 16 heavy (non-hydrogen) atoms. The van der Waals surface area contributed by atoms with Crippen LogP contribution in [0.5, 0.6) is 0 Å². The molecule has 0 spiro atoms. The first kappa shape index (κ1) is 12.7. The zero-order chi connectivity index (χ0) is 12.0. The van der Waals surface area contributed by atoms with E-state index in [1.54, 1.807) is 12.1 Å². The molecule has 3 nitrogen and oxygen atoms in total. The monoisotopic (exact) mass is 222 g/mol. The van der Waals surface area contributed by atoms with E-state index < -0.39 is 0 Å². The van der Waals surface area contributed by atoms with Crippen LogP contribution in [0.1, 0.15) is 29.8 Å². The molecule has 0 aromatic heterocycles. The molecule has 0 atom stereocenters. The molecule has 1 rings (SSSR count). The molecule has 1 aromatic carbocycles. The van der Waals surface area contributed by atoms with E-state index in [1.807, 2.05) is 32.9 Å². The minimum Gasteiger partial charge on any atom is -0.460 e. The third-order valence-electron chi connectivity index (χ3n) is 2.05. The largest absolute Gasteiger partial charge is 0.460 e. The highest BCUT2D eigenvalue weighted by atomic mass is 16.6. The Bertz CT molecular complexity index is 328. The molecule has 0 aliphatic rings. The van der Waals surface area contributed by atoms with Crippen LogP contribution in [-0.2, 0) is 9.47 Å². The van der Waals surface area contributed by atoms with Crippen molar-refractivity contribution in [3.8, 4) is 0 Å². The highest BCUT2D eigenvalue weighted by Crippen LogP contribution is 2.04. The third-order valence-corrected chi connectivity index (χ3v) is 2.05. The average molecular weight is 222 g/mol. The van der Waals surface area contributed by atoms with Gasteiger partial charge in [0, 0.05) is 0 Å². The maximum atomic E-state index is 11.5. The summed E-state index contributed by atoms with van der Waals surface area (Å²) in [6, 6.07) is 7.31. The van der Waals surface area contributed by atoms with Crippen LogP contribution < -0.4 is 0 Å².